The van der Waals surface area contributed by atoms with Gasteiger partial charge in [0, 0.05) is 6.42 Å². The zero-order valence-corrected chi connectivity index (χ0v) is 23.6. The molecule has 3 atom stereocenters. The van der Waals surface area contributed by atoms with Gasteiger partial charge in [0.1, 0.15) is 6.04 Å². The number of carbonyl (C=O) groups is 3. The van der Waals surface area contributed by atoms with Crippen molar-refractivity contribution in [3.05, 3.63) is 65.7 Å². The number of carbonyl (C=O) groups excluding carboxylic acids is 3. The Balaban J connectivity index is 1.35. The second-order valence-electron chi connectivity index (χ2n) is 11.6. The van der Waals surface area contributed by atoms with E-state index in [-0.39, 0.29) is 29.2 Å². The number of nitrogens with one attached hydrogen (secondary N) is 4. The molecule has 3 saturated carbocycles. The van der Waals surface area contributed by atoms with Crippen molar-refractivity contribution in [2.24, 2.45) is 11.8 Å². The number of rotatable bonds is 9. The fourth-order valence-corrected chi connectivity index (χ4v) is 7.48. The van der Waals surface area contributed by atoms with Gasteiger partial charge in [0.25, 0.3) is 15.9 Å². The molecule has 6 rings (SSSR count). The second-order valence-corrected chi connectivity index (χ2v) is 13.2. The van der Waals surface area contributed by atoms with Crippen LogP contribution in [0.3, 0.4) is 0 Å². The van der Waals surface area contributed by atoms with Crippen molar-refractivity contribution in [1.82, 2.24) is 20.7 Å². The van der Waals surface area contributed by atoms with Crippen LogP contribution in [0, 0.1) is 18.8 Å². The molecule has 0 radical (unpaired) electrons. The number of hydrogen-bond donors (Lipinski definition) is 4. The highest BCUT2D eigenvalue weighted by atomic mass is 32.2. The maximum atomic E-state index is 13.9. The maximum Gasteiger partial charge on any atom is 0.264 e. The number of sulfonamides is 1. The molecular formula is C30H38N4O5S. The van der Waals surface area contributed by atoms with E-state index in [1.54, 1.807) is 12.1 Å². The lowest BCUT2D eigenvalue weighted by molar-refractivity contribution is -0.139. The summed E-state index contributed by atoms with van der Waals surface area (Å²) >= 11 is 0. The van der Waals surface area contributed by atoms with Gasteiger partial charge in [0.05, 0.1) is 22.4 Å². The molecule has 0 aromatic heterocycles. The number of benzene rings is 2. The van der Waals surface area contributed by atoms with E-state index in [0.29, 0.717) is 25.2 Å². The van der Waals surface area contributed by atoms with Crippen molar-refractivity contribution in [2.45, 2.75) is 80.8 Å². The lowest BCUT2D eigenvalue weighted by atomic mass is 9.59. The first-order chi connectivity index (χ1) is 19.1. The molecule has 40 heavy (non-hydrogen) atoms. The summed E-state index contributed by atoms with van der Waals surface area (Å²) in [6.45, 7) is 2.65. The molecule has 10 heteroatoms. The summed E-state index contributed by atoms with van der Waals surface area (Å²) in [6, 6.07) is 14.0. The van der Waals surface area contributed by atoms with Gasteiger partial charge in [0.15, 0.2) is 0 Å². The summed E-state index contributed by atoms with van der Waals surface area (Å²) in [6.07, 6.45) is 5.80. The number of fused-ring (bicyclic) bond motifs is 3. The Hall–Kier alpha value is -3.24. The van der Waals surface area contributed by atoms with Crippen LogP contribution in [0.5, 0.6) is 0 Å². The van der Waals surface area contributed by atoms with Crippen molar-refractivity contribution in [3.63, 3.8) is 0 Å². The Morgan fingerprint density at radius 1 is 0.975 bits per heavy atom. The number of amides is 3. The summed E-state index contributed by atoms with van der Waals surface area (Å²) in [7, 11) is -4.13. The molecule has 1 heterocycles. The van der Waals surface area contributed by atoms with E-state index < -0.39 is 33.4 Å². The largest absolute Gasteiger partial charge is 0.349 e. The van der Waals surface area contributed by atoms with Crippen LogP contribution < -0.4 is 20.7 Å². The van der Waals surface area contributed by atoms with E-state index in [0.717, 1.165) is 43.4 Å². The molecule has 0 unspecified atom stereocenters. The fraction of sp³-hybridized carbons (Fsp3) is 0.500. The molecule has 3 aliphatic carbocycles. The highest BCUT2D eigenvalue weighted by Gasteiger charge is 2.52. The summed E-state index contributed by atoms with van der Waals surface area (Å²) in [5.41, 5.74) is 1.02. The van der Waals surface area contributed by atoms with Crippen LogP contribution in [-0.4, -0.2) is 50.3 Å². The minimum Gasteiger partial charge on any atom is -0.349 e. The molecule has 1 saturated heterocycles. The normalized spacial score (nSPS) is 26.6. The smallest absolute Gasteiger partial charge is 0.264 e. The quantitative estimate of drug-likeness (QED) is 0.368. The summed E-state index contributed by atoms with van der Waals surface area (Å²) in [4.78, 5) is 40.4. The van der Waals surface area contributed by atoms with Gasteiger partial charge in [-0.2, -0.15) is 0 Å². The molecule has 4 N–H and O–H groups in total. The second kappa shape index (κ2) is 11.7. The summed E-state index contributed by atoms with van der Waals surface area (Å²) in [5, 5.41) is 9.37. The maximum absolute atomic E-state index is 13.9. The summed E-state index contributed by atoms with van der Waals surface area (Å²) < 4.78 is 28.2. The highest BCUT2D eigenvalue weighted by Crippen LogP contribution is 2.48. The van der Waals surface area contributed by atoms with Crippen molar-refractivity contribution >= 4 is 27.7 Å². The van der Waals surface area contributed by atoms with Crippen LogP contribution in [-0.2, 0) is 30.8 Å². The summed E-state index contributed by atoms with van der Waals surface area (Å²) in [5.74, 6) is -1.30. The van der Waals surface area contributed by atoms with Gasteiger partial charge in [-0.1, -0.05) is 48.0 Å². The van der Waals surface area contributed by atoms with E-state index >= 15 is 0 Å². The SMILES string of the molecule is Cc1ccc(S(=O)(=O)NC(=O)[C@H](Cc2ccccc2)NC(=O)[C@H]2CC3CCC2(NC(=O)[C@@H]2CCCN2)CC3)cc1. The molecule has 2 aromatic carbocycles. The minimum atomic E-state index is -4.13. The van der Waals surface area contributed by atoms with Gasteiger partial charge >= 0.3 is 0 Å². The van der Waals surface area contributed by atoms with Crippen molar-refractivity contribution in [2.75, 3.05) is 6.54 Å². The Labute approximate surface area is 235 Å². The van der Waals surface area contributed by atoms with Crippen LogP contribution in [0.25, 0.3) is 0 Å². The van der Waals surface area contributed by atoms with Gasteiger partial charge in [0.2, 0.25) is 11.8 Å². The van der Waals surface area contributed by atoms with Gasteiger partial charge in [-0.25, -0.2) is 13.1 Å². The molecule has 0 spiro atoms. The molecule has 9 nitrogen and oxygen atoms in total. The Bertz CT molecular complexity index is 1330. The van der Waals surface area contributed by atoms with Gasteiger partial charge in [-0.15, -0.1) is 0 Å². The van der Waals surface area contributed by atoms with E-state index in [1.807, 2.05) is 37.3 Å². The predicted molar refractivity (Wildman–Crippen MR) is 151 cm³/mol. The van der Waals surface area contributed by atoms with Gasteiger partial charge < -0.3 is 16.0 Å². The third-order valence-corrected chi connectivity index (χ3v) is 10.1. The molecular weight excluding hydrogens is 528 g/mol. The fourth-order valence-electron chi connectivity index (χ4n) is 6.46. The van der Waals surface area contributed by atoms with Crippen LogP contribution in [0.4, 0.5) is 0 Å². The lowest BCUT2D eigenvalue weighted by Gasteiger charge is -2.52. The first-order valence-electron chi connectivity index (χ1n) is 14.2. The molecule has 1 aliphatic heterocycles. The molecule has 4 aliphatic rings. The van der Waals surface area contributed by atoms with Crippen molar-refractivity contribution in [3.8, 4) is 0 Å². The molecule has 4 fully saturated rings. The van der Waals surface area contributed by atoms with Crippen molar-refractivity contribution in [1.29, 1.82) is 0 Å². The van der Waals surface area contributed by atoms with Gasteiger partial charge in [-0.3, -0.25) is 14.4 Å². The van der Waals surface area contributed by atoms with E-state index in [4.69, 9.17) is 0 Å². The zero-order chi connectivity index (χ0) is 28.3. The zero-order valence-electron chi connectivity index (χ0n) is 22.8. The minimum absolute atomic E-state index is 0.0250. The molecule has 2 aromatic rings. The average molecular weight is 567 g/mol. The molecule has 214 valence electrons. The van der Waals surface area contributed by atoms with Crippen LogP contribution in [0.1, 0.15) is 56.1 Å². The van der Waals surface area contributed by atoms with E-state index in [1.165, 1.54) is 12.1 Å². The predicted octanol–water partition coefficient (Wildman–Crippen LogP) is 2.34. The van der Waals surface area contributed by atoms with Crippen molar-refractivity contribution < 1.29 is 22.8 Å². The number of hydrogen-bond acceptors (Lipinski definition) is 6. The lowest BCUT2D eigenvalue weighted by Crippen LogP contribution is -2.65. The van der Waals surface area contributed by atoms with E-state index in [2.05, 4.69) is 20.7 Å². The molecule has 3 amide bonds. The third-order valence-electron chi connectivity index (χ3n) is 8.78. The third kappa shape index (κ3) is 6.23. The first kappa shape index (κ1) is 28.3. The van der Waals surface area contributed by atoms with Gasteiger partial charge in [-0.05, 0) is 82.0 Å². The van der Waals surface area contributed by atoms with Crippen LogP contribution in [0.2, 0.25) is 0 Å². The first-order valence-corrected chi connectivity index (χ1v) is 15.7. The van der Waals surface area contributed by atoms with Crippen LogP contribution in [0.15, 0.2) is 59.5 Å². The van der Waals surface area contributed by atoms with Crippen LogP contribution >= 0.6 is 0 Å². The monoisotopic (exact) mass is 566 g/mol. The van der Waals surface area contributed by atoms with E-state index in [9.17, 15) is 22.8 Å². The standard InChI is InChI=1S/C30H38N4O5S/c1-20-9-11-23(12-10-20)40(38,39)34-29(37)26(19-21-6-3-2-4-7-21)32-27(35)24-18-22-13-15-30(24,16-14-22)33-28(36)25-8-5-17-31-25/h2-4,6-7,9-12,22,24-26,31H,5,8,13-19H2,1H3,(H,32,35)(H,33,36)(H,34,37)/t22?,24-,25+,26+,30?/m1/s1. The Morgan fingerprint density at radius 3 is 2.33 bits per heavy atom. The average Bonchev–Trinajstić information content (AvgIpc) is 3.49. The highest BCUT2D eigenvalue weighted by molar-refractivity contribution is 7.90. The number of aryl methyl sites for hydroxylation is 1. The Morgan fingerprint density at radius 2 is 1.68 bits per heavy atom. The topological polar surface area (TPSA) is 133 Å². The Kier molecular flexibility index (Phi) is 8.28. The molecule has 2 bridgehead atoms.